The van der Waals surface area contributed by atoms with Gasteiger partial charge < -0.3 is 11.1 Å². The van der Waals surface area contributed by atoms with Crippen molar-refractivity contribution < 1.29 is 17.5 Å². The van der Waals surface area contributed by atoms with E-state index in [4.69, 9.17) is 23.3 Å². The van der Waals surface area contributed by atoms with Crippen LogP contribution in [0.2, 0.25) is 0 Å². The molecule has 0 radical (unpaired) electrons. The van der Waals surface area contributed by atoms with Crippen LogP contribution in [0.3, 0.4) is 0 Å². The summed E-state index contributed by atoms with van der Waals surface area (Å²) in [5, 5.41) is 5.83. The van der Waals surface area contributed by atoms with Crippen molar-refractivity contribution in [3.63, 3.8) is 0 Å². The molecule has 0 saturated heterocycles. The molecule has 8 heteroatoms. The van der Waals surface area contributed by atoms with E-state index in [-0.39, 0.29) is 5.54 Å². The molecule has 7 nitrogen and oxygen atoms in total. The normalized spacial score (nSPS) is 20.9. The summed E-state index contributed by atoms with van der Waals surface area (Å²) in [5.41, 5.74) is 6.95. The minimum Gasteiger partial charge on any atom is -0.370 e. The van der Waals surface area contributed by atoms with Crippen LogP contribution in [-0.2, 0) is 15.9 Å². The molecule has 1 aliphatic rings. The Morgan fingerprint density at radius 1 is 1.17 bits per heavy atom. The summed E-state index contributed by atoms with van der Waals surface area (Å²) in [6, 6.07) is 15.0. The average Bonchev–Trinajstić information content (AvgIpc) is 2.45. The van der Waals surface area contributed by atoms with Crippen molar-refractivity contribution >= 4 is 27.1 Å². The van der Waals surface area contributed by atoms with Crippen LogP contribution in [0.1, 0.15) is 18.9 Å². The molecule has 3 rings (SSSR count). The SMILES string of the molecule is CC1(c2ccc3ccccc3c2)CCN=C(N)N1.O=S(=O)(O)O. The lowest BCUT2D eigenvalue weighted by Crippen LogP contribution is -2.50. The number of hydrogen-bond acceptors (Lipinski definition) is 5. The third-order valence-corrected chi connectivity index (χ3v) is 3.68. The highest BCUT2D eigenvalue weighted by Gasteiger charge is 2.29. The lowest BCUT2D eigenvalue weighted by molar-refractivity contribution is 0.381. The van der Waals surface area contributed by atoms with E-state index >= 15 is 0 Å². The zero-order chi connectivity index (χ0) is 17.1. The minimum atomic E-state index is -4.67. The summed E-state index contributed by atoms with van der Waals surface area (Å²) < 4.78 is 31.6. The highest BCUT2D eigenvalue weighted by Crippen LogP contribution is 2.29. The summed E-state index contributed by atoms with van der Waals surface area (Å²) in [6.07, 6.45) is 0.964. The van der Waals surface area contributed by atoms with E-state index < -0.39 is 10.4 Å². The first kappa shape index (κ1) is 17.2. The number of hydrogen-bond donors (Lipinski definition) is 4. The third kappa shape index (κ3) is 4.92. The van der Waals surface area contributed by atoms with E-state index in [1.807, 2.05) is 0 Å². The highest BCUT2D eigenvalue weighted by molar-refractivity contribution is 7.79. The molecule has 1 atom stereocenters. The molecule has 0 bridgehead atoms. The lowest BCUT2D eigenvalue weighted by atomic mass is 9.86. The van der Waals surface area contributed by atoms with Gasteiger partial charge in [0.1, 0.15) is 0 Å². The molecule has 2 aromatic rings. The van der Waals surface area contributed by atoms with E-state index in [0.29, 0.717) is 5.96 Å². The zero-order valence-electron chi connectivity index (χ0n) is 12.6. The molecule has 0 amide bonds. The van der Waals surface area contributed by atoms with Gasteiger partial charge in [-0.1, -0.05) is 36.4 Å². The largest absolute Gasteiger partial charge is 0.394 e. The number of nitrogens with zero attached hydrogens (tertiary/aromatic N) is 1. The molecule has 2 aromatic carbocycles. The van der Waals surface area contributed by atoms with Gasteiger partial charge in [-0.2, -0.15) is 8.42 Å². The number of rotatable bonds is 1. The molecular formula is C15H19N3O4S. The Hall–Kier alpha value is -2.16. The molecule has 1 heterocycles. The van der Waals surface area contributed by atoms with Crippen molar-refractivity contribution in [2.24, 2.45) is 10.7 Å². The second-order valence-electron chi connectivity index (χ2n) is 5.48. The molecule has 0 saturated carbocycles. The van der Waals surface area contributed by atoms with Gasteiger partial charge >= 0.3 is 10.4 Å². The highest BCUT2D eigenvalue weighted by atomic mass is 32.3. The van der Waals surface area contributed by atoms with Crippen molar-refractivity contribution in [2.75, 3.05) is 6.54 Å². The quantitative estimate of drug-likeness (QED) is 0.587. The van der Waals surface area contributed by atoms with Gasteiger partial charge in [0.15, 0.2) is 5.96 Å². The number of nitrogens with one attached hydrogen (secondary N) is 1. The Kier molecular flexibility index (Phi) is 4.88. The number of fused-ring (bicyclic) bond motifs is 1. The molecule has 23 heavy (non-hydrogen) atoms. The molecular weight excluding hydrogens is 318 g/mol. The first-order chi connectivity index (χ1) is 10.7. The van der Waals surface area contributed by atoms with Crippen LogP contribution in [0.4, 0.5) is 0 Å². The lowest BCUT2D eigenvalue weighted by Gasteiger charge is -2.34. The maximum absolute atomic E-state index is 8.74. The number of aliphatic imine (C=N–C) groups is 1. The van der Waals surface area contributed by atoms with Crippen LogP contribution >= 0.6 is 0 Å². The second kappa shape index (κ2) is 6.53. The van der Waals surface area contributed by atoms with Gasteiger partial charge in [0.05, 0.1) is 5.54 Å². The monoisotopic (exact) mass is 337 g/mol. The van der Waals surface area contributed by atoms with Crippen LogP contribution in [0.15, 0.2) is 47.5 Å². The molecule has 0 fully saturated rings. The molecule has 1 aliphatic heterocycles. The molecule has 0 aliphatic carbocycles. The van der Waals surface area contributed by atoms with Crippen LogP contribution < -0.4 is 11.1 Å². The summed E-state index contributed by atoms with van der Waals surface area (Å²) in [4.78, 5) is 4.20. The van der Waals surface area contributed by atoms with Crippen LogP contribution in [0.25, 0.3) is 10.8 Å². The number of benzene rings is 2. The molecule has 124 valence electrons. The summed E-state index contributed by atoms with van der Waals surface area (Å²) in [6.45, 7) is 2.96. The third-order valence-electron chi connectivity index (χ3n) is 3.68. The smallest absolute Gasteiger partial charge is 0.370 e. The fourth-order valence-electron chi connectivity index (χ4n) is 2.53. The molecule has 0 spiro atoms. The van der Waals surface area contributed by atoms with E-state index in [0.717, 1.165) is 13.0 Å². The maximum Gasteiger partial charge on any atom is 0.394 e. The standard InChI is InChI=1S/C15H17N3.H2O4S/c1-15(8-9-17-14(16)18-15)13-7-6-11-4-2-3-5-12(11)10-13;1-5(2,3)4/h2-7,10H,8-9H2,1H3,(H3,16,17,18);(H2,1,2,3,4). The van der Waals surface area contributed by atoms with Gasteiger partial charge in [-0.25, -0.2) is 0 Å². The predicted molar refractivity (Wildman–Crippen MR) is 89.7 cm³/mol. The summed E-state index contributed by atoms with van der Waals surface area (Å²) in [7, 11) is -4.67. The first-order valence-electron chi connectivity index (χ1n) is 6.95. The van der Waals surface area contributed by atoms with Crippen LogP contribution in [-0.4, -0.2) is 30.0 Å². The molecule has 1 unspecified atom stereocenters. The summed E-state index contributed by atoms with van der Waals surface area (Å²) in [5.74, 6) is 0.539. The Bertz CT molecular complexity index is 827. The van der Waals surface area contributed by atoms with E-state index in [2.05, 4.69) is 59.7 Å². The second-order valence-corrected chi connectivity index (χ2v) is 6.38. The van der Waals surface area contributed by atoms with Crippen molar-refractivity contribution in [1.29, 1.82) is 0 Å². The Balaban J connectivity index is 0.000000338. The van der Waals surface area contributed by atoms with E-state index in [1.165, 1.54) is 16.3 Å². The van der Waals surface area contributed by atoms with Crippen molar-refractivity contribution in [1.82, 2.24) is 5.32 Å². The Morgan fingerprint density at radius 3 is 2.39 bits per heavy atom. The van der Waals surface area contributed by atoms with Gasteiger partial charge in [-0.05, 0) is 35.7 Å². The topological polar surface area (TPSA) is 125 Å². The van der Waals surface area contributed by atoms with Gasteiger partial charge in [0, 0.05) is 6.54 Å². The van der Waals surface area contributed by atoms with Crippen molar-refractivity contribution in [3.05, 3.63) is 48.0 Å². The van der Waals surface area contributed by atoms with Gasteiger partial charge in [0.25, 0.3) is 0 Å². The van der Waals surface area contributed by atoms with Crippen LogP contribution in [0, 0.1) is 0 Å². The van der Waals surface area contributed by atoms with Crippen molar-refractivity contribution in [2.45, 2.75) is 18.9 Å². The molecule has 5 N–H and O–H groups in total. The fraction of sp³-hybridized carbons (Fsp3) is 0.267. The van der Waals surface area contributed by atoms with Gasteiger partial charge in [-0.15, -0.1) is 0 Å². The number of nitrogens with two attached hydrogens (primary N) is 1. The number of guanidine groups is 1. The van der Waals surface area contributed by atoms with Gasteiger partial charge in [0.2, 0.25) is 0 Å². The van der Waals surface area contributed by atoms with Crippen LogP contribution in [0.5, 0.6) is 0 Å². The molecule has 0 aromatic heterocycles. The Labute approximate surface area is 134 Å². The average molecular weight is 337 g/mol. The van der Waals surface area contributed by atoms with E-state index in [9.17, 15) is 0 Å². The summed E-state index contributed by atoms with van der Waals surface area (Å²) >= 11 is 0. The maximum atomic E-state index is 8.74. The Morgan fingerprint density at radius 2 is 1.78 bits per heavy atom. The van der Waals surface area contributed by atoms with Crippen molar-refractivity contribution in [3.8, 4) is 0 Å². The predicted octanol–water partition coefficient (Wildman–Crippen LogP) is 1.71. The van der Waals surface area contributed by atoms with E-state index in [1.54, 1.807) is 0 Å². The zero-order valence-corrected chi connectivity index (χ0v) is 13.4. The minimum absolute atomic E-state index is 0.115. The fourth-order valence-corrected chi connectivity index (χ4v) is 2.53. The first-order valence-corrected chi connectivity index (χ1v) is 8.34. The van der Waals surface area contributed by atoms with Gasteiger partial charge in [-0.3, -0.25) is 14.1 Å².